The number of carbonyl (C=O) groups is 2. The van der Waals surface area contributed by atoms with Crippen LogP contribution in [0.1, 0.15) is 30.0 Å². The number of hydrogen-bond donors (Lipinski definition) is 2. The van der Waals surface area contributed by atoms with Gasteiger partial charge >= 0.3 is 0 Å². The van der Waals surface area contributed by atoms with Crippen molar-refractivity contribution < 1.29 is 14.3 Å². The quantitative estimate of drug-likeness (QED) is 0.602. The van der Waals surface area contributed by atoms with Gasteiger partial charge in [-0.15, -0.1) is 0 Å². The second-order valence-corrected chi connectivity index (χ2v) is 9.35. The summed E-state index contributed by atoms with van der Waals surface area (Å²) >= 11 is 0. The van der Waals surface area contributed by atoms with Gasteiger partial charge in [0, 0.05) is 24.0 Å². The standard InChI is InChI=1S/C26H30N6O3/c1-16(2)23-25(33)29-22-15-32(26(34)17-7-6-8-18(13-17)35-3)12-11-31(22)14-21-27-20-10-5-4-9-19(20)24(28-21)30-23/h4-10,13,16,22-23H,11-12,14-15H2,1-3H3,(H,29,33)(H,27,28,30)/t22?,23-/m0/s1. The Morgan fingerprint density at radius 2 is 1.91 bits per heavy atom. The molecule has 0 aliphatic carbocycles. The highest BCUT2D eigenvalue weighted by Gasteiger charge is 2.35. The van der Waals surface area contributed by atoms with E-state index < -0.39 is 6.04 Å². The van der Waals surface area contributed by atoms with Gasteiger partial charge in [-0.2, -0.15) is 0 Å². The van der Waals surface area contributed by atoms with Crippen LogP contribution < -0.4 is 15.4 Å². The molecule has 5 rings (SSSR count). The molecule has 182 valence electrons. The summed E-state index contributed by atoms with van der Waals surface area (Å²) in [6, 6.07) is 14.5. The van der Waals surface area contributed by atoms with Crippen molar-refractivity contribution in [2.45, 2.75) is 32.6 Å². The van der Waals surface area contributed by atoms with E-state index >= 15 is 0 Å². The molecule has 1 saturated heterocycles. The van der Waals surface area contributed by atoms with Crippen molar-refractivity contribution >= 4 is 28.5 Å². The van der Waals surface area contributed by atoms with Crippen molar-refractivity contribution in [1.29, 1.82) is 0 Å². The SMILES string of the molecule is COc1cccc(C(=O)N2CCN3Cc4nc(c5ccccc5n4)N[C@@H](C(C)C)C(=O)NC3C2)c1. The van der Waals surface area contributed by atoms with Crippen LogP contribution in [0.15, 0.2) is 48.5 Å². The number of hydrogen-bond acceptors (Lipinski definition) is 7. The molecule has 0 radical (unpaired) electrons. The van der Waals surface area contributed by atoms with Gasteiger partial charge in [-0.05, 0) is 36.2 Å². The summed E-state index contributed by atoms with van der Waals surface area (Å²) in [6.07, 6.45) is -0.356. The highest BCUT2D eigenvalue weighted by atomic mass is 16.5. The number of aromatic nitrogens is 2. The second kappa shape index (κ2) is 9.50. The third-order valence-electron chi connectivity index (χ3n) is 6.64. The predicted octanol–water partition coefficient (Wildman–Crippen LogP) is 2.49. The van der Waals surface area contributed by atoms with Gasteiger partial charge in [0.15, 0.2) is 0 Å². The van der Waals surface area contributed by atoms with E-state index in [1.807, 2.05) is 44.2 Å². The summed E-state index contributed by atoms with van der Waals surface area (Å²) in [5.74, 6) is 1.82. The van der Waals surface area contributed by atoms with E-state index in [1.165, 1.54) is 0 Å². The summed E-state index contributed by atoms with van der Waals surface area (Å²) < 4.78 is 5.28. The van der Waals surface area contributed by atoms with Crippen molar-refractivity contribution in [3.63, 3.8) is 0 Å². The number of amides is 2. The maximum Gasteiger partial charge on any atom is 0.254 e. The zero-order chi connectivity index (χ0) is 24.5. The number of nitrogens with zero attached hydrogens (tertiary/aromatic N) is 4. The Bertz CT molecular complexity index is 1260. The van der Waals surface area contributed by atoms with Crippen molar-refractivity contribution in [2.75, 3.05) is 32.1 Å². The van der Waals surface area contributed by atoms with Crippen LogP contribution in [0.25, 0.3) is 10.9 Å². The molecular weight excluding hydrogens is 444 g/mol. The minimum absolute atomic E-state index is 0.0261. The fraction of sp³-hybridized carbons (Fsp3) is 0.385. The Balaban J connectivity index is 1.46. The summed E-state index contributed by atoms with van der Waals surface area (Å²) in [7, 11) is 1.58. The fourth-order valence-corrected chi connectivity index (χ4v) is 4.69. The Morgan fingerprint density at radius 3 is 2.71 bits per heavy atom. The van der Waals surface area contributed by atoms with Gasteiger partial charge in [0.05, 0.1) is 25.7 Å². The number of ether oxygens (including phenoxy) is 1. The lowest BCUT2D eigenvalue weighted by molar-refractivity contribution is -0.125. The van der Waals surface area contributed by atoms with E-state index in [4.69, 9.17) is 14.7 Å². The molecule has 2 bridgehead atoms. The zero-order valence-electron chi connectivity index (χ0n) is 20.2. The van der Waals surface area contributed by atoms with Gasteiger partial charge in [-0.25, -0.2) is 9.97 Å². The summed E-state index contributed by atoms with van der Waals surface area (Å²) in [5, 5.41) is 7.45. The summed E-state index contributed by atoms with van der Waals surface area (Å²) in [4.78, 5) is 40.2. The monoisotopic (exact) mass is 474 g/mol. The minimum atomic E-state index is -0.481. The zero-order valence-corrected chi connectivity index (χ0v) is 20.2. The molecule has 9 nitrogen and oxygen atoms in total. The highest BCUT2D eigenvalue weighted by molar-refractivity contribution is 5.95. The molecule has 2 atom stereocenters. The lowest BCUT2D eigenvalue weighted by Crippen LogP contribution is -2.63. The van der Waals surface area contributed by atoms with Crippen molar-refractivity contribution in [3.05, 3.63) is 59.9 Å². The van der Waals surface area contributed by atoms with Crippen LogP contribution in [0.4, 0.5) is 5.82 Å². The van der Waals surface area contributed by atoms with Crippen LogP contribution in [0, 0.1) is 5.92 Å². The van der Waals surface area contributed by atoms with E-state index in [0.717, 1.165) is 10.9 Å². The molecule has 1 fully saturated rings. The van der Waals surface area contributed by atoms with Crippen LogP contribution in [0.5, 0.6) is 5.75 Å². The number of piperazine rings is 1. The molecule has 0 spiro atoms. The first-order valence-electron chi connectivity index (χ1n) is 11.9. The third-order valence-corrected chi connectivity index (χ3v) is 6.64. The van der Waals surface area contributed by atoms with Gasteiger partial charge in [0.2, 0.25) is 5.91 Å². The van der Waals surface area contributed by atoms with Gasteiger partial charge in [0.25, 0.3) is 5.91 Å². The molecule has 2 amide bonds. The average Bonchev–Trinajstić information content (AvgIpc) is 2.87. The molecule has 1 unspecified atom stereocenters. The smallest absolute Gasteiger partial charge is 0.254 e. The van der Waals surface area contributed by atoms with Gasteiger partial charge in [-0.1, -0.05) is 32.0 Å². The molecule has 2 N–H and O–H groups in total. The van der Waals surface area contributed by atoms with E-state index in [9.17, 15) is 9.59 Å². The largest absolute Gasteiger partial charge is 0.497 e. The molecule has 1 aromatic heterocycles. The minimum Gasteiger partial charge on any atom is -0.497 e. The number of fused-ring (bicyclic) bond motifs is 5. The first-order chi connectivity index (χ1) is 16.9. The molecule has 9 heteroatoms. The topological polar surface area (TPSA) is 99.7 Å². The lowest BCUT2D eigenvalue weighted by Gasteiger charge is -2.42. The molecule has 3 heterocycles. The predicted molar refractivity (Wildman–Crippen MR) is 133 cm³/mol. The molecular formula is C26H30N6O3. The third kappa shape index (κ3) is 4.64. The Kier molecular flexibility index (Phi) is 6.25. The number of methoxy groups -OCH3 is 1. The molecule has 2 aromatic carbocycles. The Labute approximate surface area is 204 Å². The van der Waals surface area contributed by atoms with Crippen LogP contribution >= 0.6 is 0 Å². The fourth-order valence-electron chi connectivity index (χ4n) is 4.69. The van der Waals surface area contributed by atoms with Crippen molar-refractivity contribution in [1.82, 2.24) is 25.1 Å². The molecule has 0 saturated carbocycles. The van der Waals surface area contributed by atoms with Crippen LogP contribution in [-0.4, -0.2) is 70.5 Å². The molecule has 2 aliphatic rings. The highest BCUT2D eigenvalue weighted by Crippen LogP contribution is 2.25. The first-order valence-corrected chi connectivity index (χ1v) is 11.9. The van der Waals surface area contributed by atoms with Crippen molar-refractivity contribution in [3.8, 4) is 5.75 Å². The van der Waals surface area contributed by atoms with E-state index in [0.29, 0.717) is 49.1 Å². The van der Waals surface area contributed by atoms with Gasteiger partial charge in [0.1, 0.15) is 29.6 Å². The van der Waals surface area contributed by atoms with Crippen LogP contribution in [-0.2, 0) is 11.3 Å². The Hall–Kier alpha value is -3.72. The maximum absolute atomic E-state index is 13.4. The summed E-state index contributed by atoms with van der Waals surface area (Å²) in [5.41, 5.74) is 1.40. The number of benzene rings is 2. The lowest BCUT2D eigenvalue weighted by atomic mass is 10.0. The van der Waals surface area contributed by atoms with Crippen molar-refractivity contribution in [2.24, 2.45) is 5.92 Å². The van der Waals surface area contributed by atoms with Crippen LogP contribution in [0.2, 0.25) is 0 Å². The number of rotatable bonds is 3. The Morgan fingerprint density at radius 1 is 1.09 bits per heavy atom. The van der Waals surface area contributed by atoms with E-state index in [-0.39, 0.29) is 23.9 Å². The average molecular weight is 475 g/mol. The van der Waals surface area contributed by atoms with Gasteiger partial charge in [-0.3, -0.25) is 14.5 Å². The second-order valence-electron chi connectivity index (χ2n) is 9.35. The number of carbonyl (C=O) groups excluding carboxylic acids is 2. The summed E-state index contributed by atoms with van der Waals surface area (Å²) in [6.45, 7) is 5.97. The molecule has 3 aromatic rings. The number of para-hydroxylation sites is 1. The van der Waals surface area contributed by atoms with Gasteiger partial charge < -0.3 is 20.3 Å². The molecule has 35 heavy (non-hydrogen) atoms. The number of nitrogens with one attached hydrogen (secondary N) is 2. The number of anilines is 1. The van der Waals surface area contributed by atoms with E-state index in [2.05, 4.69) is 15.5 Å². The normalized spacial score (nSPS) is 20.7. The molecule has 2 aliphatic heterocycles. The maximum atomic E-state index is 13.4. The first kappa shape index (κ1) is 23.0. The van der Waals surface area contributed by atoms with E-state index in [1.54, 1.807) is 30.2 Å². The van der Waals surface area contributed by atoms with Crippen LogP contribution in [0.3, 0.4) is 0 Å².